The van der Waals surface area contributed by atoms with E-state index in [0.29, 0.717) is 0 Å². The Balaban J connectivity index is -0.0000000923. The van der Waals surface area contributed by atoms with Gasteiger partial charge in [0.15, 0.2) is 0 Å². The Morgan fingerprint density at radius 1 is 0.522 bits per heavy atom. The first kappa shape index (κ1) is 33.7. The smallest absolute Gasteiger partial charge is 0.0302 e. The summed E-state index contributed by atoms with van der Waals surface area (Å²) < 4.78 is 0. The number of hydrogen-bond acceptors (Lipinski definition) is 0. The summed E-state index contributed by atoms with van der Waals surface area (Å²) >= 11 is 0. The Kier molecular flexibility index (Phi) is 42.9. The number of aryl methyl sites for hydroxylation is 2. The molecule has 0 heterocycles. The lowest BCUT2D eigenvalue weighted by Crippen LogP contribution is -1.99. The quantitative estimate of drug-likeness (QED) is 0.509. The fraction of sp³-hybridized carbons (Fsp3) is 0.739. The summed E-state index contributed by atoms with van der Waals surface area (Å²) in [5.41, 5.74) is 7.51. The monoisotopic (exact) mass is 326 g/mol. The van der Waals surface area contributed by atoms with Crippen molar-refractivity contribution in [3.63, 3.8) is 0 Å². The number of benzene rings is 1. The second kappa shape index (κ2) is 29.3. The van der Waals surface area contributed by atoms with Crippen LogP contribution in [0.3, 0.4) is 0 Å². The standard InChI is InChI=1S/C13H20.5C2H6/c1-6-12-9(3)8-10(4)13(7-2)11(12)5;5*1-2/h8H,6-7H2,1-5H3;5*1-2H3. The SMILES string of the molecule is CC.CC.CC.CC.CC.CCc1c(C)cc(C)c(CC)c1C. The van der Waals surface area contributed by atoms with E-state index in [1.54, 1.807) is 11.1 Å². The lowest BCUT2D eigenvalue weighted by atomic mass is 9.91. The van der Waals surface area contributed by atoms with Crippen molar-refractivity contribution in [3.8, 4) is 0 Å². The van der Waals surface area contributed by atoms with E-state index in [2.05, 4.69) is 40.7 Å². The van der Waals surface area contributed by atoms with E-state index in [-0.39, 0.29) is 0 Å². The third-order valence-corrected chi connectivity index (χ3v) is 3.00. The van der Waals surface area contributed by atoms with Gasteiger partial charge in [0.05, 0.1) is 0 Å². The van der Waals surface area contributed by atoms with E-state index in [0.717, 1.165) is 12.8 Å². The first-order chi connectivity index (χ1) is 11.1. The van der Waals surface area contributed by atoms with Gasteiger partial charge in [0.1, 0.15) is 0 Å². The normalized spacial score (nSPS) is 7.26. The summed E-state index contributed by atoms with van der Waals surface area (Å²) in [6.45, 7) is 31.2. The van der Waals surface area contributed by atoms with Gasteiger partial charge in [0, 0.05) is 0 Å². The van der Waals surface area contributed by atoms with E-state index in [1.807, 2.05) is 69.2 Å². The molecule has 0 aliphatic heterocycles. The number of rotatable bonds is 2. The summed E-state index contributed by atoms with van der Waals surface area (Å²) in [6, 6.07) is 2.32. The van der Waals surface area contributed by atoms with Crippen molar-refractivity contribution in [2.75, 3.05) is 0 Å². The van der Waals surface area contributed by atoms with Crippen molar-refractivity contribution in [1.82, 2.24) is 0 Å². The Morgan fingerprint density at radius 3 is 0.913 bits per heavy atom. The zero-order chi connectivity index (χ0) is 20.0. The zero-order valence-corrected chi connectivity index (χ0v) is 19.5. The molecule has 0 nitrogen and oxygen atoms in total. The fourth-order valence-electron chi connectivity index (χ4n) is 2.36. The lowest BCUT2D eigenvalue weighted by Gasteiger charge is -2.15. The highest BCUT2D eigenvalue weighted by atomic mass is 14.1. The van der Waals surface area contributed by atoms with Gasteiger partial charge in [-0.3, -0.25) is 0 Å². The van der Waals surface area contributed by atoms with Crippen LogP contribution in [-0.4, -0.2) is 0 Å². The summed E-state index contributed by atoms with van der Waals surface area (Å²) in [7, 11) is 0. The van der Waals surface area contributed by atoms with Crippen molar-refractivity contribution in [2.45, 2.75) is 117 Å². The highest BCUT2D eigenvalue weighted by Crippen LogP contribution is 2.22. The van der Waals surface area contributed by atoms with Gasteiger partial charge in [-0.2, -0.15) is 0 Å². The summed E-state index contributed by atoms with van der Waals surface area (Å²) in [5.74, 6) is 0. The maximum Gasteiger partial charge on any atom is -0.0302 e. The molecule has 1 rings (SSSR count). The molecule has 0 bridgehead atoms. The van der Waals surface area contributed by atoms with Crippen LogP contribution in [0.2, 0.25) is 0 Å². The predicted molar refractivity (Wildman–Crippen MR) is 116 cm³/mol. The Hall–Kier alpha value is -0.780. The molecule has 0 saturated heterocycles. The molecule has 0 N–H and O–H groups in total. The molecule has 0 amide bonds. The van der Waals surface area contributed by atoms with Crippen LogP contribution in [0, 0.1) is 20.8 Å². The fourth-order valence-corrected chi connectivity index (χ4v) is 2.36. The van der Waals surface area contributed by atoms with Crippen molar-refractivity contribution in [3.05, 3.63) is 33.9 Å². The van der Waals surface area contributed by atoms with Crippen molar-refractivity contribution in [1.29, 1.82) is 0 Å². The molecule has 142 valence electrons. The topological polar surface area (TPSA) is 0 Å². The van der Waals surface area contributed by atoms with Crippen LogP contribution >= 0.6 is 0 Å². The van der Waals surface area contributed by atoms with Crippen LogP contribution in [0.25, 0.3) is 0 Å². The van der Waals surface area contributed by atoms with Crippen molar-refractivity contribution in [2.24, 2.45) is 0 Å². The van der Waals surface area contributed by atoms with Gasteiger partial charge in [-0.15, -0.1) is 0 Å². The average Bonchev–Trinajstić information content (AvgIpc) is 2.64. The third kappa shape index (κ3) is 14.5. The third-order valence-electron chi connectivity index (χ3n) is 3.00. The molecule has 0 atom stereocenters. The van der Waals surface area contributed by atoms with Gasteiger partial charge in [0.2, 0.25) is 0 Å². The summed E-state index contributed by atoms with van der Waals surface area (Å²) in [5, 5.41) is 0. The van der Waals surface area contributed by atoms with Gasteiger partial charge >= 0.3 is 0 Å². The van der Waals surface area contributed by atoms with Gasteiger partial charge in [0.25, 0.3) is 0 Å². The molecule has 1 aromatic carbocycles. The van der Waals surface area contributed by atoms with E-state index in [9.17, 15) is 0 Å². The highest BCUT2D eigenvalue weighted by Gasteiger charge is 2.07. The molecule has 0 aliphatic carbocycles. The molecule has 0 unspecified atom stereocenters. The minimum atomic E-state index is 1.16. The van der Waals surface area contributed by atoms with E-state index in [4.69, 9.17) is 0 Å². The zero-order valence-electron chi connectivity index (χ0n) is 19.5. The molecule has 23 heavy (non-hydrogen) atoms. The minimum Gasteiger partial charge on any atom is -0.0683 e. The first-order valence-electron chi connectivity index (χ1n) is 10.2. The van der Waals surface area contributed by atoms with E-state index >= 15 is 0 Å². The minimum absolute atomic E-state index is 1.16. The van der Waals surface area contributed by atoms with Crippen molar-refractivity contribution >= 4 is 0 Å². The highest BCUT2D eigenvalue weighted by molar-refractivity contribution is 5.44. The van der Waals surface area contributed by atoms with Crippen LogP contribution in [-0.2, 0) is 12.8 Å². The summed E-state index contributed by atoms with van der Waals surface area (Å²) in [4.78, 5) is 0. The Morgan fingerprint density at radius 2 is 0.739 bits per heavy atom. The second-order valence-electron chi connectivity index (χ2n) is 3.80. The molecule has 0 aliphatic rings. The molecular formula is C23H50. The molecule has 1 aromatic rings. The van der Waals surface area contributed by atoms with Crippen LogP contribution < -0.4 is 0 Å². The van der Waals surface area contributed by atoms with Gasteiger partial charge in [-0.25, -0.2) is 0 Å². The largest absolute Gasteiger partial charge is 0.0683 e. The molecule has 0 fully saturated rings. The van der Waals surface area contributed by atoms with Crippen LogP contribution in [0.4, 0.5) is 0 Å². The Labute approximate surface area is 151 Å². The molecule has 0 heteroatoms. The second-order valence-corrected chi connectivity index (χ2v) is 3.80. The molecular weight excluding hydrogens is 276 g/mol. The first-order valence-corrected chi connectivity index (χ1v) is 10.2. The van der Waals surface area contributed by atoms with Gasteiger partial charge in [-0.05, 0) is 61.4 Å². The molecule has 0 radical (unpaired) electrons. The van der Waals surface area contributed by atoms with Gasteiger partial charge < -0.3 is 0 Å². The maximum absolute atomic E-state index is 2.32. The Bertz CT molecular complexity index is 280. The van der Waals surface area contributed by atoms with Gasteiger partial charge in [-0.1, -0.05) is 89.2 Å². The molecule has 0 spiro atoms. The van der Waals surface area contributed by atoms with E-state index in [1.165, 1.54) is 16.7 Å². The van der Waals surface area contributed by atoms with Crippen LogP contribution in [0.5, 0.6) is 0 Å². The lowest BCUT2D eigenvalue weighted by molar-refractivity contribution is 1.01. The van der Waals surface area contributed by atoms with Crippen molar-refractivity contribution < 1.29 is 0 Å². The maximum atomic E-state index is 2.32. The van der Waals surface area contributed by atoms with E-state index < -0.39 is 0 Å². The average molecular weight is 327 g/mol. The van der Waals surface area contributed by atoms with Crippen LogP contribution in [0.15, 0.2) is 6.07 Å². The molecule has 0 aromatic heterocycles. The summed E-state index contributed by atoms with van der Waals surface area (Å²) in [6.07, 6.45) is 2.32. The number of hydrogen-bond donors (Lipinski definition) is 0. The predicted octanol–water partition coefficient (Wildman–Crippen LogP) is 8.87. The molecule has 0 saturated carbocycles. The van der Waals surface area contributed by atoms with Crippen LogP contribution in [0.1, 0.15) is 111 Å².